The van der Waals surface area contributed by atoms with E-state index in [1.165, 1.54) is 83.5 Å². The second kappa shape index (κ2) is 9.72. The van der Waals surface area contributed by atoms with Crippen LogP contribution in [-0.2, 0) is 4.74 Å². The fourth-order valence-corrected chi connectivity index (χ4v) is 8.36. The van der Waals surface area contributed by atoms with Crippen molar-refractivity contribution in [3.8, 4) is 6.07 Å². The van der Waals surface area contributed by atoms with Crippen molar-refractivity contribution in [2.75, 3.05) is 6.61 Å². The summed E-state index contributed by atoms with van der Waals surface area (Å²) < 4.78 is 6.34. The Labute approximate surface area is 180 Å². The first kappa shape index (κ1) is 21.7. The van der Waals surface area contributed by atoms with E-state index in [9.17, 15) is 5.26 Å². The SMILES string of the molecule is CCCCC[C@]1(C#N)CCC2C(CCC3C2CCC2C3CCC[C@@H]2OCCC)C1. The number of nitriles is 1. The van der Waals surface area contributed by atoms with E-state index in [1.54, 1.807) is 0 Å². The summed E-state index contributed by atoms with van der Waals surface area (Å²) in [6, 6.07) is 2.84. The van der Waals surface area contributed by atoms with Crippen LogP contribution >= 0.6 is 0 Å². The molecular formula is C27H45NO. The normalized spacial score (nSPS) is 44.2. The Bertz CT molecular complexity index is 567. The van der Waals surface area contributed by atoms with E-state index in [-0.39, 0.29) is 5.41 Å². The van der Waals surface area contributed by atoms with Gasteiger partial charge in [0.25, 0.3) is 0 Å². The molecule has 2 heteroatoms. The zero-order valence-electron chi connectivity index (χ0n) is 19.2. The standard InChI is InChI=1S/C27H45NO/c1-3-5-6-15-27(19-28)16-14-21-20(18-27)10-11-24-22-8-7-9-26(29-17-4-2)25(22)13-12-23(21)24/h20-26H,3-18H2,1-2H3/t20?,21?,22?,23?,24?,25?,26-,27-/m0/s1. The topological polar surface area (TPSA) is 33.0 Å². The number of hydrogen-bond acceptors (Lipinski definition) is 2. The zero-order chi connectivity index (χ0) is 20.3. The Kier molecular flexibility index (Phi) is 7.26. The van der Waals surface area contributed by atoms with Crippen molar-refractivity contribution < 1.29 is 4.74 Å². The van der Waals surface area contributed by atoms with Gasteiger partial charge in [0.15, 0.2) is 0 Å². The summed E-state index contributed by atoms with van der Waals surface area (Å²) in [5.41, 5.74) is 0.0182. The molecule has 4 rings (SSSR count). The molecule has 4 aliphatic carbocycles. The molecule has 0 aliphatic heterocycles. The highest BCUT2D eigenvalue weighted by Crippen LogP contribution is 2.60. The van der Waals surface area contributed by atoms with Gasteiger partial charge in [0, 0.05) is 6.61 Å². The van der Waals surface area contributed by atoms with Gasteiger partial charge in [-0.1, -0.05) is 39.5 Å². The lowest BCUT2D eigenvalue weighted by Crippen LogP contribution is -2.50. The second-order valence-corrected chi connectivity index (χ2v) is 11.2. The molecule has 29 heavy (non-hydrogen) atoms. The third-order valence-corrected chi connectivity index (χ3v) is 9.65. The number of hydrogen-bond donors (Lipinski definition) is 0. The molecule has 4 aliphatic rings. The van der Waals surface area contributed by atoms with Gasteiger partial charge in [-0.3, -0.25) is 0 Å². The van der Waals surface area contributed by atoms with Crippen molar-refractivity contribution >= 4 is 0 Å². The summed E-state index contributed by atoms with van der Waals surface area (Å²) in [5.74, 6) is 5.50. The van der Waals surface area contributed by atoms with Gasteiger partial charge in [-0.25, -0.2) is 0 Å². The van der Waals surface area contributed by atoms with Gasteiger partial charge in [0.05, 0.1) is 17.6 Å². The number of nitrogens with zero attached hydrogens (tertiary/aromatic N) is 1. The highest BCUT2D eigenvalue weighted by atomic mass is 16.5. The number of unbranched alkanes of at least 4 members (excludes halogenated alkanes) is 2. The first-order valence-electron chi connectivity index (χ1n) is 13.2. The van der Waals surface area contributed by atoms with E-state index >= 15 is 0 Å². The van der Waals surface area contributed by atoms with Gasteiger partial charge in [-0.2, -0.15) is 5.26 Å². The monoisotopic (exact) mass is 399 g/mol. The largest absolute Gasteiger partial charge is 0.378 e. The lowest BCUT2D eigenvalue weighted by Gasteiger charge is -2.57. The molecule has 164 valence electrons. The molecular weight excluding hydrogens is 354 g/mol. The average molecular weight is 400 g/mol. The Hall–Kier alpha value is -0.550. The lowest BCUT2D eigenvalue weighted by atomic mass is 9.49. The van der Waals surface area contributed by atoms with Crippen LogP contribution in [0.5, 0.6) is 0 Å². The van der Waals surface area contributed by atoms with Gasteiger partial charge < -0.3 is 4.74 Å². The van der Waals surface area contributed by atoms with Gasteiger partial charge in [0.2, 0.25) is 0 Å². The van der Waals surface area contributed by atoms with Crippen LogP contribution in [0.2, 0.25) is 0 Å². The first-order chi connectivity index (χ1) is 14.2. The smallest absolute Gasteiger partial charge is 0.0689 e. The minimum atomic E-state index is 0.0182. The van der Waals surface area contributed by atoms with Crippen molar-refractivity contribution in [2.45, 2.75) is 116 Å². The molecule has 0 radical (unpaired) electrons. The van der Waals surface area contributed by atoms with Crippen LogP contribution in [-0.4, -0.2) is 12.7 Å². The molecule has 0 aromatic heterocycles. The van der Waals surface area contributed by atoms with Crippen molar-refractivity contribution in [1.29, 1.82) is 5.26 Å². The highest BCUT2D eigenvalue weighted by molar-refractivity contribution is 5.07. The van der Waals surface area contributed by atoms with Crippen molar-refractivity contribution in [2.24, 2.45) is 40.9 Å². The molecule has 0 N–H and O–H groups in total. The molecule has 6 unspecified atom stereocenters. The Morgan fingerprint density at radius 3 is 2.38 bits per heavy atom. The minimum Gasteiger partial charge on any atom is -0.378 e. The maximum absolute atomic E-state index is 10.1. The fourth-order valence-electron chi connectivity index (χ4n) is 8.36. The minimum absolute atomic E-state index is 0.0182. The summed E-state index contributed by atoms with van der Waals surface area (Å²) in [6.07, 6.45) is 20.4. The van der Waals surface area contributed by atoms with Crippen LogP contribution in [0.3, 0.4) is 0 Å². The molecule has 0 spiro atoms. The predicted molar refractivity (Wildman–Crippen MR) is 119 cm³/mol. The van der Waals surface area contributed by atoms with Crippen molar-refractivity contribution in [1.82, 2.24) is 0 Å². The summed E-state index contributed by atoms with van der Waals surface area (Å²) >= 11 is 0. The van der Waals surface area contributed by atoms with Crippen LogP contribution in [0.25, 0.3) is 0 Å². The first-order valence-corrected chi connectivity index (χ1v) is 13.2. The average Bonchev–Trinajstić information content (AvgIpc) is 2.77. The summed E-state index contributed by atoms with van der Waals surface area (Å²) in [7, 11) is 0. The molecule has 4 fully saturated rings. The quantitative estimate of drug-likeness (QED) is 0.415. The van der Waals surface area contributed by atoms with Crippen molar-refractivity contribution in [3.05, 3.63) is 0 Å². The Balaban J connectivity index is 1.40. The van der Waals surface area contributed by atoms with E-state index < -0.39 is 0 Å². The van der Waals surface area contributed by atoms with E-state index in [2.05, 4.69) is 19.9 Å². The molecule has 2 nitrogen and oxygen atoms in total. The van der Waals surface area contributed by atoms with Gasteiger partial charge >= 0.3 is 0 Å². The molecule has 0 aromatic carbocycles. The third-order valence-electron chi connectivity index (χ3n) is 9.65. The maximum atomic E-state index is 10.1. The molecule has 0 heterocycles. The van der Waals surface area contributed by atoms with Crippen LogP contribution in [0, 0.1) is 52.3 Å². The second-order valence-electron chi connectivity index (χ2n) is 11.2. The lowest BCUT2D eigenvalue weighted by molar-refractivity contribution is -0.109. The molecule has 0 saturated heterocycles. The highest BCUT2D eigenvalue weighted by Gasteiger charge is 2.52. The molecule has 0 amide bonds. The Morgan fingerprint density at radius 2 is 1.59 bits per heavy atom. The fraction of sp³-hybridized carbons (Fsp3) is 0.963. The molecule has 0 bridgehead atoms. The van der Waals surface area contributed by atoms with Gasteiger partial charge in [0.1, 0.15) is 0 Å². The van der Waals surface area contributed by atoms with Crippen LogP contribution in [0.1, 0.15) is 110 Å². The van der Waals surface area contributed by atoms with Crippen LogP contribution < -0.4 is 0 Å². The number of rotatable bonds is 7. The summed E-state index contributed by atoms with van der Waals surface area (Å²) in [5, 5.41) is 10.1. The maximum Gasteiger partial charge on any atom is 0.0689 e. The van der Waals surface area contributed by atoms with Gasteiger partial charge in [-0.15, -0.1) is 0 Å². The van der Waals surface area contributed by atoms with E-state index in [0.717, 1.165) is 55.0 Å². The van der Waals surface area contributed by atoms with Crippen LogP contribution in [0.4, 0.5) is 0 Å². The molecule has 4 saturated carbocycles. The molecule has 0 aromatic rings. The van der Waals surface area contributed by atoms with Crippen molar-refractivity contribution in [3.63, 3.8) is 0 Å². The van der Waals surface area contributed by atoms with E-state index in [1.807, 2.05) is 0 Å². The van der Waals surface area contributed by atoms with E-state index in [0.29, 0.717) is 6.10 Å². The number of fused-ring (bicyclic) bond motifs is 5. The summed E-state index contributed by atoms with van der Waals surface area (Å²) in [6.45, 7) is 5.47. The van der Waals surface area contributed by atoms with Crippen LogP contribution in [0.15, 0.2) is 0 Å². The number of ether oxygens (including phenoxy) is 1. The van der Waals surface area contributed by atoms with E-state index in [4.69, 9.17) is 4.74 Å². The Morgan fingerprint density at radius 1 is 0.828 bits per heavy atom. The summed E-state index contributed by atoms with van der Waals surface area (Å²) in [4.78, 5) is 0. The zero-order valence-corrected chi connectivity index (χ0v) is 19.2. The third kappa shape index (κ3) is 4.42. The predicted octanol–water partition coefficient (Wildman–Crippen LogP) is 7.52. The molecule has 8 atom stereocenters. The van der Waals surface area contributed by atoms with Gasteiger partial charge in [-0.05, 0) is 106 Å².